The maximum Gasteiger partial charge on any atom is 0.513 e. The number of imide groups is 1. The first kappa shape index (κ1) is 24.9. The minimum Gasteiger partial charge on any atom is -0.469 e. The van der Waals surface area contributed by atoms with Crippen LogP contribution in [0.2, 0.25) is 0 Å². The first-order valence-corrected chi connectivity index (χ1v) is 11.7. The van der Waals surface area contributed by atoms with Crippen LogP contribution in [0.25, 0.3) is 11.1 Å². The fourth-order valence-electron chi connectivity index (χ4n) is 4.40. The highest BCUT2D eigenvalue weighted by molar-refractivity contribution is 6.35. The van der Waals surface area contributed by atoms with E-state index in [9.17, 15) is 19.2 Å². The van der Waals surface area contributed by atoms with Crippen molar-refractivity contribution in [2.45, 2.75) is 33.6 Å². The molecule has 4 rings (SSSR count). The highest BCUT2D eigenvalue weighted by Gasteiger charge is 2.42. The second-order valence-electron chi connectivity index (χ2n) is 8.85. The predicted molar refractivity (Wildman–Crippen MR) is 133 cm³/mol. The lowest BCUT2D eigenvalue weighted by molar-refractivity contribution is -0.139. The van der Waals surface area contributed by atoms with Gasteiger partial charge in [-0.3, -0.25) is 14.4 Å². The van der Waals surface area contributed by atoms with Gasteiger partial charge in [0.15, 0.2) is 5.75 Å². The van der Waals surface area contributed by atoms with Gasteiger partial charge in [-0.25, -0.2) is 9.69 Å². The maximum atomic E-state index is 13.4. The number of hydrogen-bond donors (Lipinski definition) is 0. The van der Waals surface area contributed by atoms with Crippen LogP contribution >= 0.6 is 0 Å². The molecule has 0 radical (unpaired) electrons. The number of methoxy groups -OCH3 is 1. The van der Waals surface area contributed by atoms with E-state index in [4.69, 9.17) is 14.2 Å². The van der Waals surface area contributed by atoms with Crippen molar-refractivity contribution in [1.29, 1.82) is 0 Å². The maximum absolute atomic E-state index is 13.4. The molecule has 0 fully saturated rings. The molecule has 0 saturated carbocycles. The Morgan fingerprint density at radius 1 is 0.889 bits per heavy atom. The molecule has 0 atom stereocenters. The Labute approximate surface area is 209 Å². The second kappa shape index (κ2) is 10.2. The number of ether oxygens (including phenoxy) is 3. The lowest BCUT2D eigenvalue weighted by atomic mass is 9.99. The SMILES string of the molecule is CCOC(=O)Oc1c2ccc(CC(=O)OC)ccc-2c(CC(C)C)c1N1C(=O)c2ccccc2C1=O. The van der Waals surface area contributed by atoms with Crippen molar-refractivity contribution >= 4 is 29.6 Å². The lowest BCUT2D eigenvalue weighted by Crippen LogP contribution is -2.30. The summed E-state index contributed by atoms with van der Waals surface area (Å²) < 4.78 is 15.5. The number of hydrogen-bond acceptors (Lipinski definition) is 7. The van der Waals surface area contributed by atoms with E-state index in [1.807, 2.05) is 19.9 Å². The first-order valence-electron chi connectivity index (χ1n) is 11.7. The Balaban J connectivity index is 1.97. The molecule has 1 aromatic carbocycles. The molecule has 2 aliphatic carbocycles. The van der Waals surface area contributed by atoms with Crippen molar-refractivity contribution in [1.82, 2.24) is 0 Å². The fraction of sp³-hybridized carbons (Fsp3) is 0.286. The molecule has 186 valence electrons. The van der Waals surface area contributed by atoms with Crippen LogP contribution in [0.5, 0.6) is 5.75 Å². The van der Waals surface area contributed by atoms with Gasteiger partial charge in [-0.15, -0.1) is 0 Å². The lowest BCUT2D eigenvalue weighted by Gasteiger charge is -2.18. The molecular weight excluding hydrogens is 462 g/mol. The Bertz CT molecular complexity index is 1290. The van der Waals surface area contributed by atoms with Gasteiger partial charge in [0.25, 0.3) is 11.8 Å². The third-order valence-electron chi connectivity index (χ3n) is 5.94. The summed E-state index contributed by atoms with van der Waals surface area (Å²) in [5.41, 5.74) is 3.41. The van der Waals surface area contributed by atoms with Gasteiger partial charge >= 0.3 is 12.1 Å². The minimum atomic E-state index is -0.945. The molecule has 1 heterocycles. The first-order chi connectivity index (χ1) is 17.3. The molecule has 0 aromatic heterocycles. The van der Waals surface area contributed by atoms with Gasteiger partial charge in [0, 0.05) is 5.56 Å². The second-order valence-corrected chi connectivity index (χ2v) is 8.85. The molecule has 2 amide bonds. The summed E-state index contributed by atoms with van der Waals surface area (Å²) in [5.74, 6) is -1.15. The molecule has 0 spiro atoms. The van der Waals surface area contributed by atoms with E-state index in [0.717, 1.165) is 4.90 Å². The van der Waals surface area contributed by atoms with E-state index in [2.05, 4.69) is 0 Å². The van der Waals surface area contributed by atoms with E-state index in [0.29, 0.717) is 28.7 Å². The molecule has 0 saturated heterocycles. The summed E-state index contributed by atoms with van der Waals surface area (Å²) >= 11 is 0. The zero-order valence-electron chi connectivity index (χ0n) is 20.6. The molecule has 36 heavy (non-hydrogen) atoms. The zero-order chi connectivity index (χ0) is 26.0. The van der Waals surface area contributed by atoms with Crippen LogP contribution in [0.4, 0.5) is 10.5 Å². The molecule has 0 N–H and O–H groups in total. The van der Waals surface area contributed by atoms with Crippen LogP contribution < -0.4 is 9.64 Å². The van der Waals surface area contributed by atoms with Crippen LogP contribution in [-0.4, -0.2) is 37.7 Å². The van der Waals surface area contributed by atoms with E-state index in [1.165, 1.54) is 7.11 Å². The number of benzene rings is 1. The summed E-state index contributed by atoms with van der Waals surface area (Å²) in [4.78, 5) is 52.3. The molecule has 8 nitrogen and oxygen atoms in total. The topological polar surface area (TPSA) is 99.2 Å². The molecule has 0 unspecified atom stereocenters. The van der Waals surface area contributed by atoms with Crippen LogP contribution in [-0.2, 0) is 27.1 Å². The standard InChI is InChI=1S/C28H27NO7/c1-5-35-28(33)36-25-19-13-11-17(15-23(30)34-4)10-12-18(19)22(14-16(2)3)24(25)29-26(31)20-8-6-7-9-21(20)27(29)32/h6-13,16H,5,14-15H2,1-4H3. The largest absolute Gasteiger partial charge is 0.513 e. The Kier molecular flexibility index (Phi) is 7.05. The third kappa shape index (κ3) is 4.54. The summed E-state index contributed by atoms with van der Waals surface area (Å²) in [6, 6.07) is 13.6. The van der Waals surface area contributed by atoms with Crippen molar-refractivity contribution < 1.29 is 33.4 Å². The summed E-state index contributed by atoms with van der Waals surface area (Å²) in [7, 11) is 1.32. The smallest absolute Gasteiger partial charge is 0.469 e. The Hall–Kier alpha value is -4.20. The normalized spacial score (nSPS) is 12.8. The van der Waals surface area contributed by atoms with Crippen LogP contribution in [0.1, 0.15) is 52.6 Å². The number of fused-ring (bicyclic) bond motifs is 2. The number of nitrogens with zero attached hydrogens (tertiary/aromatic N) is 1. The van der Waals surface area contributed by atoms with E-state index in [1.54, 1.807) is 49.4 Å². The molecule has 3 aliphatic rings. The van der Waals surface area contributed by atoms with Crippen LogP contribution in [0, 0.1) is 5.92 Å². The predicted octanol–water partition coefficient (Wildman–Crippen LogP) is 5.04. The van der Waals surface area contributed by atoms with Crippen molar-refractivity contribution in [3.8, 4) is 16.9 Å². The van der Waals surface area contributed by atoms with Gasteiger partial charge in [0.05, 0.1) is 37.0 Å². The highest BCUT2D eigenvalue weighted by Crippen LogP contribution is 2.51. The van der Waals surface area contributed by atoms with E-state index in [-0.39, 0.29) is 41.5 Å². The van der Waals surface area contributed by atoms with Gasteiger partial charge in [-0.1, -0.05) is 50.2 Å². The minimum absolute atomic E-state index is 0.0621. The van der Waals surface area contributed by atoms with E-state index < -0.39 is 23.9 Å². The van der Waals surface area contributed by atoms with Crippen LogP contribution in [0.3, 0.4) is 0 Å². The quantitative estimate of drug-likeness (QED) is 0.339. The number of anilines is 1. The average Bonchev–Trinajstić information content (AvgIpc) is 3.13. The van der Waals surface area contributed by atoms with E-state index >= 15 is 0 Å². The summed E-state index contributed by atoms with van der Waals surface area (Å²) in [6.45, 7) is 5.78. The zero-order valence-corrected chi connectivity index (χ0v) is 20.6. The van der Waals surface area contributed by atoms with Gasteiger partial charge in [-0.05, 0) is 48.1 Å². The van der Waals surface area contributed by atoms with Crippen molar-refractivity contribution in [3.05, 3.63) is 70.8 Å². The summed E-state index contributed by atoms with van der Waals surface area (Å²) in [6.07, 6.45) is -0.381. The number of rotatable bonds is 7. The van der Waals surface area contributed by atoms with Crippen LogP contribution in [0.15, 0.2) is 48.5 Å². The van der Waals surface area contributed by atoms with Gasteiger partial charge in [0.2, 0.25) is 0 Å². The molecular formula is C28H27NO7. The number of carbonyl (C=O) groups is 4. The molecule has 1 aliphatic heterocycles. The van der Waals surface area contributed by atoms with Gasteiger partial charge in [-0.2, -0.15) is 0 Å². The Morgan fingerprint density at radius 2 is 1.50 bits per heavy atom. The molecule has 1 aromatic rings. The van der Waals surface area contributed by atoms with Crippen molar-refractivity contribution in [2.24, 2.45) is 5.92 Å². The number of carbonyl (C=O) groups excluding carboxylic acids is 4. The monoisotopic (exact) mass is 489 g/mol. The highest BCUT2D eigenvalue weighted by atomic mass is 16.7. The fourth-order valence-corrected chi connectivity index (χ4v) is 4.40. The van der Waals surface area contributed by atoms with Crippen molar-refractivity contribution in [3.63, 3.8) is 0 Å². The number of esters is 1. The Morgan fingerprint density at radius 3 is 2.06 bits per heavy atom. The summed E-state index contributed by atoms with van der Waals surface area (Å²) in [5, 5.41) is 0. The number of amides is 2. The average molecular weight is 490 g/mol. The molecule has 8 heteroatoms. The van der Waals surface area contributed by atoms with Crippen molar-refractivity contribution in [2.75, 3.05) is 18.6 Å². The van der Waals surface area contributed by atoms with Gasteiger partial charge in [0.1, 0.15) is 0 Å². The molecule has 0 bridgehead atoms. The third-order valence-corrected chi connectivity index (χ3v) is 5.94. The van der Waals surface area contributed by atoms with Gasteiger partial charge < -0.3 is 14.2 Å².